The summed E-state index contributed by atoms with van der Waals surface area (Å²) < 4.78 is 43.3. The first kappa shape index (κ1) is 27.4. The van der Waals surface area contributed by atoms with E-state index in [9.17, 15) is 28.0 Å². The molecule has 1 aromatic heterocycles. The summed E-state index contributed by atoms with van der Waals surface area (Å²) in [4.78, 5) is 32.5. The fraction of sp³-hybridized carbons (Fsp3) is 0.267. The Kier molecular flexibility index (Phi) is 7.63. The van der Waals surface area contributed by atoms with Gasteiger partial charge in [-0.3, -0.25) is 14.6 Å². The van der Waals surface area contributed by atoms with Crippen LogP contribution < -0.4 is 5.32 Å². The minimum Gasteiger partial charge on any atom is -0.330 e. The lowest BCUT2D eigenvalue weighted by atomic mass is 9.91. The van der Waals surface area contributed by atoms with Gasteiger partial charge >= 0.3 is 0 Å². The Labute approximate surface area is 234 Å². The third kappa shape index (κ3) is 5.19. The molecule has 0 saturated heterocycles. The van der Waals surface area contributed by atoms with E-state index in [1.807, 2.05) is 6.07 Å². The molecule has 2 aromatic carbocycles. The molecule has 40 heavy (non-hydrogen) atoms. The SMILES string of the molecule is C[C@@H]1CCC[C@H](N2CCC(c3c(C#N)ccc(Cl)c3F)=CC2=O)c2cc(ccn2)-c2cc(F)c(F)cc2NC1=O. The van der Waals surface area contributed by atoms with Crippen molar-refractivity contribution in [3.8, 4) is 17.2 Å². The summed E-state index contributed by atoms with van der Waals surface area (Å²) in [6.45, 7) is 1.98. The van der Waals surface area contributed by atoms with Crippen LogP contribution >= 0.6 is 11.6 Å². The number of nitriles is 1. The van der Waals surface area contributed by atoms with Crippen LogP contribution in [-0.2, 0) is 9.59 Å². The van der Waals surface area contributed by atoms with Crippen LogP contribution in [0.2, 0.25) is 5.02 Å². The Morgan fingerprint density at radius 3 is 2.62 bits per heavy atom. The van der Waals surface area contributed by atoms with Crippen molar-refractivity contribution in [1.29, 1.82) is 5.26 Å². The number of hydrogen-bond acceptors (Lipinski definition) is 4. The maximum Gasteiger partial charge on any atom is 0.247 e. The molecular formula is C30H24ClF3N4O2. The lowest BCUT2D eigenvalue weighted by molar-refractivity contribution is -0.129. The second kappa shape index (κ2) is 11.1. The molecule has 2 aliphatic heterocycles. The molecule has 2 aliphatic rings. The molecule has 3 heterocycles. The molecule has 2 atom stereocenters. The first-order valence-electron chi connectivity index (χ1n) is 12.8. The Hall–Kier alpha value is -4.16. The number of halogens is 4. The number of fused-ring (bicyclic) bond motifs is 4. The number of aromatic nitrogens is 1. The predicted octanol–water partition coefficient (Wildman–Crippen LogP) is 6.81. The Bertz CT molecular complexity index is 1600. The Balaban J connectivity index is 1.56. The van der Waals surface area contributed by atoms with E-state index < -0.39 is 29.4 Å². The molecule has 10 heteroatoms. The minimum absolute atomic E-state index is 0.0208. The molecule has 0 saturated carbocycles. The number of amides is 2. The smallest absolute Gasteiger partial charge is 0.247 e. The highest BCUT2D eigenvalue weighted by Gasteiger charge is 2.31. The first-order chi connectivity index (χ1) is 19.2. The van der Waals surface area contributed by atoms with E-state index in [0.717, 1.165) is 12.1 Å². The third-order valence-corrected chi connectivity index (χ3v) is 7.72. The number of nitrogens with zero attached hydrogens (tertiary/aromatic N) is 3. The molecule has 1 N–H and O–H groups in total. The third-order valence-electron chi connectivity index (χ3n) is 7.43. The summed E-state index contributed by atoms with van der Waals surface area (Å²) in [5.74, 6) is -4.01. The van der Waals surface area contributed by atoms with Crippen molar-refractivity contribution in [1.82, 2.24) is 9.88 Å². The van der Waals surface area contributed by atoms with E-state index >= 15 is 0 Å². The molecular weight excluding hydrogens is 541 g/mol. The fourth-order valence-corrected chi connectivity index (χ4v) is 5.43. The van der Waals surface area contributed by atoms with E-state index in [4.69, 9.17) is 11.6 Å². The van der Waals surface area contributed by atoms with Crippen LogP contribution in [0.15, 0.2) is 48.7 Å². The molecule has 0 radical (unpaired) electrons. The molecule has 0 spiro atoms. The average molecular weight is 565 g/mol. The minimum atomic E-state index is -1.08. The molecule has 6 nitrogen and oxygen atoms in total. The molecule has 2 amide bonds. The normalized spacial score (nSPS) is 19.5. The second-order valence-electron chi connectivity index (χ2n) is 9.97. The maximum absolute atomic E-state index is 14.9. The van der Waals surface area contributed by atoms with Gasteiger partial charge in [0.2, 0.25) is 11.8 Å². The van der Waals surface area contributed by atoms with Gasteiger partial charge in [-0.1, -0.05) is 24.9 Å². The lowest BCUT2D eigenvalue weighted by Gasteiger charge is -2.34. The largest absolute Gasteiger partial charge is 0.330 e. The van der Waals surface area contributed by atoms with E-state index in [1.54, 1.807) is 24.0 Å². The van der Waals surface area contributed by atoms with Crippen LogP contribution in [0.4, 0.5) is 18.9 Å². The van der Waals surface area contributed by atoms with Crippen LogP contribution in [0.25, 0.3) is 16.7 Å². The van der Waals surface area contributed by atoms with Crippen molar-refractivity contribution in [3.05, 3.63) is 88.0 Å². The zero-order chi connectivity index (χ0) is 28.6. The highest BCUT2D eigenvalue weighted by atomic mass is 35.5. The first-order valence-corrected chi connectivity index (χ1v) is 13.2. The second-order valence-corrected chi connectivity index (χ2v) is 10.4. The van der Waals surface area contributed by atoms with Crippen LogP contribution in [0.5, 0.6) is 0 Å². The van der Waals surface area contributed by atoms with E-state index in [-0.39, 0.29) is 52.2 Å². The van der Waals surface area contributed by atoms with Gasteiger partial charge in [0.05, 0.1) is 34.1 Å². The molecule has 5 rings (SSSR count). The summed E-state index contributed by atoms with van der Waals surface area (Å²) in [7, 11) is 0. The van der Waals surface area contributed by atoms with E-state index in [2.05, 4.69) is 10.3 Å². The molecule has 0 fully saturated rings. The summed E-state index contributed by atoms with van der Waals surface area (Å²) in [6, 6.07) is 9.51. The van der Waals surface area contributed by atoms with Crippen LogP contribution in [0.1, 0.15) is 55.5 Å². The number of benzene rings is 2. The maximum atomic E-state index is 14.9. The van der Waals surface area contributed by atoms with E-state index in [1.165, 1.54) is 24.4 Å². The quantitative estimate of drug-likeness (QED) is 0.371. The summed E-state index contributed by atoms with van der Waals surface area (Å²) >= 11 is 5.96. The zero-order valence-electron chi connectivity index (χ0n) is 21.5. The summed E-state index contributed by atoms with van der Waals surface area (Å²) in [5, 5.41) is 12.1. The molecule has 2 bridgehead atoms. The van der Waals surface area contributed by atoms with Gasteiger partial charge in [0.15, 0.2) is 17.5 Å². The number of nitrogens with one attached hydrogen (secondary N) is 1. The summed E-state index contributed by atoms with van der Waals surface area (Å²) in [5.41, 5.74) is 1.96. The van der Waals surface area contributed by atoms with Gasteiger partial charge in [0.1, 0.15) is 0 Å². The van der Waals surface area contributed by atoms with Crippen LogP contribution in [0.3, 0.4) is 0 Å². The predicted molar refractivity (Wildman–Crippen MR) is 144 cm³/mol. The number of anilines is 1. The number of hydrogen-bond donors (Lipinski definition) is 1. The average Bonchev–Trinajstić information content (AvgIpc) is 2.94. The van der Waals surface area contributed by atoms with Gasteiger partial charge < -0.3 is 10.2 Å². The molecule has 204 valence electrons. The van der Waals surface area contributed by atoms with Gasteiger partial charge in [0.25, 0.3) is 0 Å². The highest BCUT2D eigenvalue weighted by Crippen LogP contribution is 2.38. The zero-order valence-corrected chi connectivity index (χ0v) is 22.2. The fourth-order valence-electron chi connectivity index (χ4n) is 5.27. The number of rotatable bonds is 2. The standard InChI is InChI=1S/C30H24ClF3N4O2/c1-16-3-2-4-26(38-10-8-18(12-27(38)39)28-19(15-35)5-6-21(31)29(28)34)25-11-17(7-9-36-25)20-13-22(32)23(33)14-24(20)37-30(16)40/h5-7,9,11-14,16,26H,2-4,8,10H2,1H3,(H,37,40)/t16-,26+/m1/s1. The highest BCUT2D eigenvalue weighted by molar-refractivity contribution is 6.31. The van der Waals surface area contributed by atoms with Gasteiger partial charge in [-0.2, -0.15) is 5.26 Å². The van der Waals surface area contributed by atoms with Crippen molar-refractivity contribution in [3.63, 3.8) is 0 Å². The van der Waals surface area contributed by atoms with Crippen LogP contribution in [0, 0.1) is 34.7 Å². The van der Waals surface area contributed by atoms with Crippen molar-refractivity contribution < 1.29 is 22.8 Å². The van der Waals surface area contributed by atoms with Gasteiger partial charge in [0, 0.05) is 41.9 Å². The van der Waals surface area contributed by atoms with Crippen molar-refractivity contribution in [2.75, 3.05) is 11.9 Å². The van der Waals surface area contributed by atoms with Crippen molar-refractivity contribution >= 4 is 34.7 Å². The molecule has 0 unspecified atom stereocenters. The topological polar surface area (TPSA) is 86.1 Å². The summed E-state index contributed by atoms with van der Waals surface area (Å²) in [6.07, 6.45) is 4.68. The Morgan fingerprint density at radius 1 is 1.10 bits per heavy atom. The van der Waals surface area contributed by atoms with Crippen molar-refractivity contribution in [2.45, 2.75) is 38.6 Å². The van der Waals surface area contributed by atoms with Gasteiger partial charge in [-0.25, -0.2) is 13.2 Å². The monoisotopic (exact) mass is 564 g/mol. The number of carbonyl (C=O) groups excluding carboxylic acids is 2. The van der Waals surface area contributed by atoms with Crippen molar-refractivity contribution in [2.24, 2.45) is 5.92 Å². The van der Waals surface area contributed by atoms with Gasteiger partial charge in [-0.15, -0.1) is 0 Å². The lowest BCUT2D eigenvalue weighted by Crippen LogP contribution is -2.38. The number of carbonyl (C=O) groups is 2. The molecule has 3 aromatic rings. The van der Waals surface area contributed by atoms with Crippen LogP contribution in [-0.4, -0.2) is 28.2 Å². The van der Waals surface area contributed by atoms with E-state index in [0.29, 0.717) is 36.1 Å². The number of pyridine rings is 1. The van der Waals surface area contributed by atoms with Gasteiger partial charge in [-0.05, 0) is 60.7 Å². The molecule has 0 aliphatic carbocycles. The Morgan fingerprint density at radius 2 is 1.88 bits per heavy atom.